The van der Waals surface area contributed by atoms with Gasteiger partial charge in [0.05, 0.1) is 11.2 Å². The molecule has 0 fully saturated rings. The van der Waals surface area contributed by atoms with Crippen LogP contribution in [0.1, 0.15) is 0 Å². The highest BCUT2D eigenvalue weighted by atomic mass is 79.9. The van der Waals surface area contributed by atoms with Crippen LogP contribution in [-0.2, 0) is 0 Å². The maximum atomic E-state index is 5.90. The van der Waals surface area contributed by atoms with Crippen molar-refractivity contribution in [3.05, 3.63) is 53.3 Å². The van der Waals surface area contributed by atoms with Crippen LogP contribution in [0.3, 0.4) is 0 Å². The third-order valence-electron chi connectivity index (χ3n) is 2.68. The Hall–Kier alpha value is -2.14. The quantitative estimate of drug-likeness (QED) is 0.731. The van der Waals surface area contributed by atoms with Crippen molar-refractivity contribution in [2.45, 2.75) is 0 Å². The molecule has 3 rings (SSSR count). The number of nitrogens with zero attached hydrogens (tertiary/aromatic N) is 2. The molecule has 0 bridgehead atoms. The Morgan fingerprint density at radius 3 is 2.74 bits per heavy atom. The van der Waals surface area contributed by atoms with Crippen LogP contribution < -0.4 is 10.5 Å². The maximum Gasteiger partial charge on any atom is 0.219 e. The van der Waals surface area contributed by atoms with Gasteiger partial charge >= 0.3 is 0 Å². The highest BCUT2D eigenvalue weighted by molar-refractivity contribution is 9.10. The molecular formula is C14H10BrN3O. The molecule has 0 aliphatic rings. The van der Waals surface area contributed by atoms with E-state index >= 15 is 0 Å². The Kier molecular flexibility index (Phi) is 3.05. The summed E-state index contributed by atoms with van der Waals surface area (Å²) >= 11 is 3.34. The van der Waals surface area contributed by atoms with Crippen molar-refractivity contribution in [1.82, 2.24) is 9.97 Å². The number of aromatic nitrogens is 2. The first-order valence-electron chi connectivity index (χ1n) is 5.66. The van der Waals surface area contributed by atoms with E-state index in [2.05, 4.69) is 25.9 Å². The minimum atomic E-state index is 0.526. The van der Waals surface area contributed by atoms with Crippen LogP contribution in [0.5, 0.6) is 11.6 Å². The number of hydrogen-bond acceptors (Lipinski definition) is 4. The fourth-order valence-electron chi connectivity index (χ4n) is 1.79. The van der Waals surface area contributed by atoms with Gasteiger partial charge in [0.15, 0.2) is 0 Å². The van der Waals surface area contributed by atoms with E-state index in [1.54, 1.807) is 24.5 Å². The maximum absolute atomic E-state index is 5.90. The smallest absolute Gasteiger partial charge is 0.219 e. The van der Waals surface area contributed by atoms with Gasteiger partial charge in [-0.05, 0) is 46.3 Å². The average molecular weight is 316 g/mol. The third-order valence-corrected chi connectivity index (χ3v) is 3.14. The molecule has 2 heterocycles. The van der Waals surface area contributed by atoms with Crippen molar-refractivity contribution < 1.29 is 4.74 Å². The van der Waals surface area contributed by atoms with E-state index in [0.29, 0.717) is 17.3 Å². The van der Waals surface area contributed by atoms with Crippen molar-refractivity contribution in [2.24, 2.45) is 0 Å². The van der Waals surface area contributed by atoms with Gasteiger partial charge in [-0.15, -0.1) is 0 Å². The second-order valence-electron chi connectivity index (χ2n) is 3.97. The summed E-state index contributed by atoms with van der Waals surface area (Å²) < 4.78 is 6.68. The van der Waals surface area contributed by atoms with Gasteiger partial charge in [-0.3, -0.25) is 4.98 Å². The van der Waals surface area contributed by atoms with Crippen LogP contribution in [0.15, 0.2) is 53.3 Å². The molecule has 0 unspecified atom stereocenters. The molecule has 1 aromatic carbocycles. The summed E-state index contributed by atoms with van der Waals surface area (Å²) in [6.45, 7) is 0. The molecule has 0 radical (unpaired) electrons. The molecule has 0 saturated carbocycles. The highest BCUT2D eigenvalue weighted by Crippen LogP contribution is 2.31. The number of anilines is 1. The lowest BCUT2D eigenvalue weighted by molar-refractivity contribution is 0.468. The number of nitrogens with two attached hydrogens (primary N) is 1. The van der Waals surface area contributed by atoms with Gasteiger partial charge < -0.3 is 10.5 Å². The lowest BCUT2D eigenvalue weighted by Gasteiger charge is -2.09. The molecule has 2 aromatic heterocycles. The van der Waals surface area contributed by atoms with Crippen LogP contribution in [0.2, 0.25) is 0 Å². The summed E-state index contributed by atoms with van der Waals surface area (Å²) in [6, 6.07) is 11.0. The topological polar surface area (TPSA) is 61.0 Å². The van der Waals surface area contributed by atoms with Crippen LogP contribution in [0, 0.1) is 0 Å². The number of pyridine rings is 2. The van der Waals surface area contributed by atoms with Crippen molar-refractivity contribution in [3.63, 3.8) is 0 Å². The fraction of sp³-hybridized carbons (Fsp3) is 0. The number of hydrogen-bond donors (Lipinski definition) is 1. The van der Waals surface area contributed by atoms with Gasteiger partial charge in [-0.25, -0.2) is 4.98 Å². The Bertz CT molecular complexity index is 728. The standard InChI is InChI=1S/C14H10BrN3O/c15-9-3-6-13(18-8-9)19-12-5-4-11(16)14-10(12)2-1-7-17-14/h1-8H,16H2. The van der Waals surface area contributed by atoms with Gasteiger partial charge in [0.1, 0.15) is 5.75 Å². The summed E-state index contributed by atoms with van der Waals surface area (Å²) in [4.78, 5) is 8.45. The second kappa shape index (κ2) is 4.85. The molecule has 0 spiro atoms. The van der Waals surface area contributed by atoms with Gasteiger partial charge in [0.25, 0.3) is 0 Å². The number of nitrogen functional groups attached to an aromatic ring is 1. The van der Waals surface area contributed by atoms with E-state index < -0.39 is 0 Å². The van der Waals surface area contributed by atoms with Crippen LogP contribution in [0.25, 0.3) is 10.9 Å². The summed E-state index contributed by atoms with van der Waals surface area (Å²) in [6.07, 6.45) is 3.40. The van der Waals surface area contributed by atoms with Gasteiger partial charge in [0.2, 0.25) is 5.88 Å². The van der Waals surface area contributed by atoms with Crippen molar-refractivity contribution in [1.29, 1.82) is 0 Å². The lowest BCUT2D eigenvalue weighted by atomic mass is 10.2. The normalized spacial score (nSPS) is 10.6. The predicted molar refractivity (Wildman–Crippen MR) is 78.2 cm³/mol. The first-order chi connectivity index (χ1) is 9.24. The molecule has 94 valence electrons. The van der Waals surface area contributed by atoms with Crippen LogP contribution in [-0.4, -0.2) is 9.97 Å². The molecule has 5 heteroatoms. The summed E-state index contributed by atoms with van der Waals surface area (Å²) in [5.74, 6) is 1.21. The Labute approximate surface area is 118 Å². The van der Waals surface area contributed by atoms with Gasteiger partial charge in [0, 0.05) is 28.3 Å². The minimum Gasteiger partial charge on any atom is -0.438 e. The van der Waals surface area contributed by atoms with E-state index in [1.165, 1.54) is 0 Å². The number of halogens is 1. The number of fused-ring (bicyclic) bond motifs is 1. The minimum absolute atomic E-state index is 0.526. The summed E-state index contributed by atoms with van der Waals surface area (Å²) in [5, 5.41) is 0.868. The van der Waals surface area contributed by atoms with Crippen molar-refractivity contribution in [3.8, 4) is 11.6 Å². The van der Waals surface area contributed by atoms with Crippen LogP contribution >= 0.6 is 15.9 Å². The van der Waals surface area contributed by atoms with Gasteiger partial charge in [-0.1, -0.05) is 0 Å². The first kappa shape index (κ1) is 11.9. The molecule has 0 aliphatic carbocycles. The van der Waals surface area contributed by atoms with E-state index in [0.717, 1.165) is 15.4 Å². The van der Waals surface area contributed by atoms with E-state index in [9.17, 15) is 0 Å². The largest absolute Gasteiger partial charge is 0.438 e. The lowest BCUT2D eigenvalue weighted by Crippen LogP contribution is -1.93. The second-order valence-corrected chi connectivity index (χ2v) is 4.88. The summed E-state index contributed by atoms with van der Waals surface area (Å²) in [5.41, 5.74) is 7.26. The van der Waals surface area contributed by atoms with E-state index in [4.69, 9.17) is 10.5 Å². The van der Waals surface area contributed by atoms with E-state index in [-0.39, 0.29) is 0 Å². The molecule has 4 nitrogen and oxygen atoms in total. The Balaban J connectivity index is 2.06. The summed E-state index contributed by atoms with van der Waals surface area (Å²) in [7, 11) is 0. The zero-order valence-corrected chi connectivity index (χ0v) is 11.5. The fourth-order valence-corrected chi connectivity index (χ4v) is 2.03. The first-order valence-corrected chi connectivity index (χ1v) is 6.46. The molecule has 3 aromatic rings. The molecular weight excluding hydrogens is 306 g/mol. The monoisotopic (exact) mass is 315 g/mol. The van der Waals surface area contributed by atoms with E-state index in [1.807, 2.05) is 24.3 Å². The zero-order chi connectivity index (χ0) is 13.2. The predicted octanol–water partition coefficient (Wildman–Crippen LogP) is 3.77. The number of rotatable bonds is 2. The molecule has 0 amide bonds. The molecule has 0 aliphatic heterocycles. The highest BCUT2D eigenvalue weighted by Gasteiger charge is 2.07. The third kappa shape index (κ3) is 2.37. The van der Waals surface area contributed by atoms with Crippen molar-refractivity contribution in [2.75, 3.05) is 5.73 Å². The average Bonchev–Trinajstić information content (AvgIpc) is 2.45. The van der Waals surface area contributed by atoms with Crippen molar-refractivity contribution >= 4 is 32.5 Å². The molecule has 0 atom stereocenters. The van der Waals surface area contributed by atoms with Gasteiger partial charge in [-0.2, -0.15) is 0 Å². The molecule has 19 heavy (non-hydrogen) atoms. The Morgan fingerprint density at radius 1 is 1.05 bits per heavy atom. The molecule has 0 saturated heterocycles. The Morgan fingerprint density at radius 2 is 1.95 bits per heavy atom. The SMILES string of the molecule is Nc1ccc(Oc2ccc(Br)cn2)c2cccnc12. The van der Waals surface area contributed by atoms with Crippen LogP contribution in [0.4, 0.5) is 5.69 Å². The number of benzene rings is 1. The number of ether oxygens (including phenoxy) is 1. The molecule has 2 N–H and O–H groups in total. The zero-order valence-electron chi connectivity index (χ0n) is 9.88.